The molecule has 0 spiro atoms. The van der Waals surface area contributed by atoms with Crippen LogP contribution in [0.4, 0.5) is 10.5 Å². The molecule has 2 N–H and O–H groups in total. The SMILES string of the molecule is CN1C(=O)NCC(C(=O)Nc2ccc3c(c2)Cc2ccccc2-3)C1=O. The molecule has 6 nitrogen and oxygen atoms in total. The van der Waals surface area contributed by atoms with Gasteiger partial charge in [0.2, 0.25) is 11.8 Å². The van der Waals surface area contributed by atoms with E-state index in [1.165, 1.54) is 23.7 Å². The Hall–Kier alpha value is -3.15. The van der Waals surface area contributed by atoms with Crippen LogP contribution in [0.2, 0.25) is 0 Å². The lowest BCUT2D eigenvalue weighted by atomic mass is 10.0. The van der Waals surface area contributed by atoms with Crippen LogP contribution in [0.5, 0.6) is 0 Å². The topological polar surface area (TPSA) is 78.5 Å². The van der Waals surface area contributed by atoms with E-state index < -0.39 is 23.8 Å². The molecule has 1 saturated heterocycles. The number of imide groups is 1. The number of nitrogens with zero attached hydrogens (tertiary/aromatic N) is 1. The first-order valence-electron chi connectivity index (χ1n) is 8.12. The number of rotatable bonds is 2. The van der Waals surface area contributed by atoms with Crippen LogP contribution in [0, 0.1) is 5.92 Å². The summed E-state index contributed by atoms with van der Waals surface area (Å²) in [4.78, 5) is 36.9. The van der Waals surface area contributed by atoms with Crippen LogP contribution in [0.3, 0.4) is 0 Å². The highest BCUT2D eigenvalue weighted by atomic mass is 16.2. The minimum absolute atomic E-state index is 0.0181. The molecule has 2 aromatic rings. The second-order valence-electron chi connectivity index (χ2n) is 6.33. The van der Waals surface area contributed by atoms with Crippen molar-refractivity contribution in [3.05, 3.63) is 53.6 Å². The predicted molar refractivity (Wildman–Crippen MR) is 93.0 cm³/mol. The quantitative estimate of drug-likeness (QED) is 0.703. The first-order chi connectivity index (χ1) is 12.0. The predicted octanol–water partition coefficient (Wildman–Crippen LogP) is 1.99. The van der Waals surface area contributed by atoms with Crippen molar-refractivity contribution < 1.29 is 14.4 Å². The number of carbonyl (C=O) groups is 3. The van der Waals surface area contributed by atoms with E-state index in [9.17, 15) is 14.4 Å². The number of nitrogens with one attached hydrogen (secondary N) is 2. The van der Waals surface area contributed by atoms with Crippen LogP contribution in [-0.2, 0) is 16.0 Å². The van der Waals surface area contributed by atoms with Gasteiger partial charge in [0, 0.05) is 19.3 Å². The molecule has 1 atom stereocenters. The Morgan fingerprint density at radius 1 is 1.12 bits per heavy atom. The van der Waals surface area contributed by atoms with Crippen LogP contribution in [0.1, 0.15) is 11.1 Å². The number of hydrogen-bond donors (Lipinski definition) is 2. The molecule has 1 unspecified atom stereocenters. The number of hydrogen-bond acceptors (Lipinski definition) is 3. The lowest BCUT2D eigenvalue weighted by molar-refractivity contribution is -0.138. The van der Waals surface area contributed by atoms with Gasteiger partial charge in [0.05, 0.1) is 0 Å². The average molecular weight is 335 g/mol. The number of amides is 4. The van der Waals surface area contributed by atoms with Gasteiger partial charge in [0.15, 0.2) is 0 Å². The van der Waals surface area contributed by atoms with Crippen molar-refractivity contribution in [3.8, 4) is 11.1 Å². The van der Waals surface area contributed by atoms with E-state index >= 15 is 0 Å². The van der Waals surface area contributed by atoms with E-state index in [1.807, 2.05) is 30.3 Å². The summed E-state index contributed by atoms with van der Waals surface area (Å²) < 4.78 is 0. The van der Waals surface area contributed by atoms with Gasteiger partial charge in [-0.05, 0) is 40.8 Å². The molecule has 2 aromatic carbocycles. The molecule has 126 valence electrons. The number of anilines is 1. The molecule has 0 radical (unpaired) electrons. The Morgan fingerprint density at radius 2 is 1.88 bits per heavy atom. The maximum Gasteiger partial charge on any atom is 0.323 e. The molecule has 25 heavy (non-hydrogen) atoms. The molecule has 1 heterocycles. The van der Waals surface area contributed by atoms with Crippen molar-refractivity contribution >= 4 is 23.5 Å². The van der Waals surface area contributed by atoms with E-state index in [1.54, 1.807) is 0 Å². The number of carbonyl (C=O) groups excluding carboxylic acids is 3. The zero-order valence-corrected chi connectivity index (χ0v) is 13.7. The highest BCUT2D eigenvalue weighted by molar-refractivity contribution is 6.12. The van der Waals surface area contributed by atoms with Gasteiger partial charge < -0.3 is 10.6 Å². The molecule has 6 heteroatoms. The normalized spacial score (nSPS) is 18.4. The summed E-state index contributed by atoms with van der Waals surface area (Å²) in [6.07, 6.45) is 0.830. The van der Waals surface area contributed by atoms with Gasteiger partial charge in [-0.1, -0.05) is 30.3 Å². The number of urea groups is 1. The molecule has 0 aromatic heterocycles. The minimum atomic E-state index is -0.909. The van der Waals surface area contributed by atoms with Crippen molar-refractivity contribution in [1.29, 1.82) is 0 Å². The van der Waals surface area contributed by atoms with Crippen molar-refractivity contribution in [2.45, 2.75) is 6.42 Å². The summed E-state index contributed by atoms with van der Waals surface area (Å²) in [6, 6.07) is 13.5. The molecule has 2 aliphatic rings. The Balaban J connectivity index is 1.53. The van der Waals surface area contributed by atoms with Gasteiger partial charge >= 0.3 is 6.03 Å². The third-order valence-electron chi connectivity index (χ3n) is 4.77. The van der Waals surface area contributed by atoms with E-state index in [-0.39, 0.29) is 6.54 Å². The molecule has 0 bridgehead atoms. The van der Waals surface area contributed by atoms with E-state index in [2.05, 4.69) is 22.8 Å². The van der Waals surface area contributed by atoms with Crippen LogP contribution in [0.15, 0.2) is 42.5 Å². The Bertz CT molecular complexity index is 907. The summed E-state index contributed by atoms with van der Waals surface area (Å²) in [7, 11) is 1.36. The zero-order chi connectivity index (χ0) is 17.6. The van der Waals surface area contributed by atoms with Crippen molar-refractivity contribution in [3.63, 3.8) is 0 Å². The second-order valence-corrected chi connectivity index (χ2v) is 6.33. The first kappa shape index (κ1) is 15.4. The van der Waals surface area contributed by atoms with Gasteiger partial charge in [0.25, 0.3) is 0 Å². The fourth-order valence-corrected chi connectivity index (χ4v) is 3.39. The summed E-state index contributed by atoms with van der Waals surface area (Å²) in [5, 5.41) is 5.33. The zero-order valence-electron chi connectivity index (χ0n) is 13.7. The van der Waals surface area contributed by atoms with E-state index in [0.29, 0.717) is 5.69 Å². The van der Waals surface area contributed by atoms with Crippen LogP contribution >= 0.6 is 0 Å². The highest BCUT2D eigenvalue weighted by Crippen LogP contribution is 2.37. The van der Waals surface area contributed by atoms with E-state index in [0.717, 1.165) is 16.9 Å². The first-order valence-corrected chi connectivity index (χ1v) is 8.12. The highest BCUT2D eigenvalue weighted by Gasteiger charge is 2.36. The largest absolute Gasteiger partial charge is 0.336 e. The molecule has 1 aliphatic carbocycles. The summed E-state index contributed by atoms with van der Waals surface area (Å²) in [5.41, 5.74) is 5.48. The molecule has 4 amide bonds. The Morgan fingerprint density at radius 3 is 2.72 bits per heavy atom. The van der Waals surface area contributed by atoms with Crippen molar-refractivity contribution in [2.24, 2.45) is 5.92 Å². The lowest BCUT2D eigenvalue weighted by Crippen LogP contribution is -2.56. The molecule has 1 aliphatic heterocycles. The third kappa shape index (κ3) is 2.55. The fraction of sp³-hybridized carbons (Fsp3) is 0.211. The maximum atomic E-state index is 12.4. The summed E-state index contributed by atoms with van der Waals surface area (Å²) >= 11 is 0. The second kappa shape index (κ2) is 5.73. The monoisotopic (exact) mass is 335 g/mol. The van der Waals surface area contributed by atoms with Crippen LogP contribution in [0.25, 0.3) is 11.1 Å². The van der Waals surface area contributed by atoms with E-state index in [4.69, 9.17) is 0 Å². The molecule has 0 saturated carbocycles. The summed E-state index contributed by atoms with van der Waals surface area (Å²) in [6.45, 7) is 0.0181. The third-order valence-corrected chi connectivity index (χ3v) is 4.77. The number of fused-ring (bicyclic) bond motifs is 3. The Labute approximate surface area is 144 Å². The van der Waals surface area contributed by atoms with Crippen LogP contribution < -0.4 is 10.6 Å². The van der Waals surface area contributed by atoms with Crippen molar-refractivity contribution in [1.82, 2.24) is 10.2 Å². The van der Waals surface area contributed by atoms with Gasteiger partial charge in [0.1, 0.15) is 5.92 Å². The maximum absolute atomic E-state index is 12.4. The van der Waals surface area contributed by atoms with Gasteiger partial charge in [-0.25, -0.2) is 4.79 Å². The standard InChI is InChI=1S/C19H17N3O3/c1-22-18(24)16(10-20-19(22)25)17(23)21-13-6-7-15-12(9-13)8-11-4-2-3-5-14(11)15/h2-7,9,16H,8,10H2,1H3,(H,20,25)(H,21,23). The molecular formula is C19H17N3O3. The van der Waals surface area contributed by atoms with Crippen LogP contribution in [-0.4, -0.2) is 36.3 Å². The minimum Gasteiger partial charge on any atom is -0.336 e. The van der Waals surface area contributed by atoms with Gasteiger partial charge in [-0.2, -0.15) is 0 Å². The Kier molecular flexibility index (Phi) is 3.53. The average Bonchev–Trinajstić information content (AvgIpc) is 2.97. The van der Waals surface area contributed by atoms with Gasteiger partial charge in [-0.15, -0.1) is 0 Å². The van der Waals surface area contributed by atoms with Crippen molar-refractivity contribution in [2.75, 3.05) is 18.9 Å². The molecule has 4 rings (SSSR count). The smallest absolute Gasteiger partial charge is 0.323 e. The lowest BCUT2D eigenvalue weighted by Gasteiger charge is -2.27. The number of benzene rings is 2. The van der Waals surface area contributed by atoms with Gasteiger partial charge in [-0.3, -0.25) is 14.5 Å². The fourth-order valence-electron chi connectivity index (χ4n) is 3.39. The summed E-state index contributed by atoms with van der Waals surface area (Å²) in [5.74, 6) is -1.81. The molecule has 1 fully saturated rings. The molecular weight excluding hydrogens is 318 g/mol.